The van der Waals surface area contributed by atoms with Gasteiger partial charge in [0, 0.05) is 0 Å². The molecule has 116 valence electrons. The van der Waals surface area contributed by atoms with Crippen LogP contribution in [0, 0.1) is 5.41 Å². The number of carbonyl (C=O) groups is 3. The molecular formula is C13H23NO6. The van der Waals surface area contributed by atoms with Gasteiger partial charge in [0.2, 0.25) is 6.79 Å². The Morgan fingerprint density at radius 3 is 2.25 bits per heavy atom. The van der Waals surface area contributed by atoms with Crippen molar-refractivity contribution in [2.24, 2.45) is 5.41 Å². The second kappa shape index (κ2) is 8.39. The fourth-order valence-corrected chi connectivity index (χ4v) is 1.20. The lowest BCUT2D eigenvalue weighted by molar-refractivity contribution is -0.161. The molecule has 0 aliphatic carbocycles. The van der Waals surface area contributed by atoms with Gasteiger partial charge in [0.25, 0.3) is 0 Å². The van der Waals surface area contributed by atoms with E-state index in [1.54, 1.807) is 20.8 Å². The molecule has 0 saturated carbocycles. The van der Waals surface area contributed by atoms with Gasteiger partial charge in [-0.15, -0.1) is 0 Å². The van der Waals surface area contributed by atoms with Crippen molar-refractivity contribution in [3.8, 4) is 0 Å². The minimum absolute atomic E-state index is 0.322. The van der Waals surface area contributed by atoms with Crippen LogP contribution in [-0.4, -0.2) is 36.0 Å². The maximum absolute atomic E-state index is 11.4. The highest BCUT2D eigenvalue weighted by molar-refractivity contribution is 5.80. The van der Waals surface area contributed by atoms with Gasteiger partial charge in [-0.3, -0.25) is 4.79 Å². The summed E-state index contributed by atoms with van der Waals surface area (Å²) < 4.78 is 9.34. The van der Waals surface area contributed by atoms with E-state index in [4.69, 9.17) is 9.84 Å². The van der Waals surface area contributed by atoms with E-state index in [9.17, 15) is 14.4 Å². The molecule has 0 heterocycles. The molecule has 0 aromatic heterocycles. The third kappa shape index (κ3) is 7.60. The average Bonchev–Trinajstić information content (AvgIpc) is 2.32. The molecule has 1 amide bonds. The van der Waals surface area contributed by atoms with Crippen LogP contribution < -0.4 is 5.32 Å². The molecule has 0 spiro atoms. The smallest absolute Gasteiger partial charge is 0.410 e. The van der Waals surface area contributed by atoms with Crippen molar-refractivity contribution in [3.63, 3.8) is 0 Å². The highest BCUT2D eigenvalue weighted by atomic mass is 16.7. The first kappa shape index (κ1) is 18.2. The fraction of sp³-hybridized carbons (Fsp3) is 0.769. The van der Waals surface area contributed by atoms with Crippen LogP contribution in [0.5, 0.6) is 0 Å². The SMILES string of the molecule is CCCCC(NC(=O)OCOC(=O)C(C)(C)C)C(=O)O. The van der Waals surface area contributed by atoms with Gasteiger partial charge in [-0.25, -0.2) is 9.59 Å². The van der Waals surface area contributed by atoms with Gasteiger partial charge >= 0.3 is 18.0 Å². The zero-order valence-electron chi connectivity index (χ0n) is 12.4. The number of aliphatic carboxylic acids is 1. The van der Waals surface area contributed by atoms with Crippen molar-refractivity contribution in [1.82, 2.24) is 5.32 Å². The normalized spacial score (nSPS) is 12.4. The summed E-state index contributed by atoms with van der Waals surface area (Å²) in [5, 5.41) is 11.1. The lowest BCUT2D eigenvalue weighted by Gasteiger charge is -2.17. The molecule has 0 bridgehead atoms. The zero-order valence-corrected chi connectivity index (χ0v) is 12.4. The van der Waals surface area contributed by atoms with Crippen LogP contribution in [0.2, 0.25) is 0 Å². The van der Waals surface area contributed by atoms with Crippen LogP contribution in [0.3, 0.4) is 0 Å². The summed E-state index contributed by atoms with van der Waals surface area (Å²) >= 11 is 0. The first-order valence-corrected chi connectivity index (χ1v) is 6.51. The zero-order chi connectivity index (χ0) is 15.8. The number of ether oxygens (including phenoxy) is 2. The molecule has 20 heavy (non-hydrogen) atoms. The highest BCUT2D eigenvalue weighted by Crippen LogP contribution is 2.14. The first-order chi connectivity index (χ1) is 9.18. The van der Waals surface area contributed by atoms with Crippen LogP contribution in [0.25, 0.3) is 0 Å². The monoisotopic (exact) mass is 289 g/mol. The van der Waals surface area contributed by atoms with Gasteiger partial charge in [0.05, 0.1) is 5.41 Å². The molecule has 0 radical (unpaired) electrons. The quantitative estimate of drug-likeness (QED) is 0.548. The molecule has 2 N–H and O–H groups in total. The van der Waals surface area contributed by atoms with Crippen LogP contribution in [-0.2, 0) is 19.1 Å². The lowest BCUT2D eigenvalue weighted by Crippen LogP contribution is -2.41. The molecule has 1 atom stereocenters. The number of nitrogens with one attached hydrogen (secondary N) is 1. The van der Waals surface area contributed by atoms with E-state index in [2.05, 4.69) is 10.1 Å². The summed E-state index contributed by atoms with van der Waals surface area (Å²) in [7, 11) is 0. The Bertz CT molecular complexity index is 347. The van der Waals surface area contributed by atoms with Gasteiger partial charge in [0.15, 0.2) is 0 Å². The minimum atomic E-state index is -1.12. The topological polar surface area (TPSA) is 102 Å². The fourth-order valence-electron chi connectivity index (χ4n) is 1.20. The summed E-state index contributed by atoms with van der Waals surface area (Å²) in [5.74, 6) is -1.63. The van der Waals surface area contributed by atoms with Gasteiger partial charge < -0.3 is 19.9 Å². The Labute approximate surface area is 118 Å². The van der Waals surface area contributed by atoms with E-state index >= 15 is 0 Å². The standard InChI is InChI=1S/C13H23NO6/c1-5-6-7-9(10(15)16)14-12(18)20-8-19-11(17)13(2,3)4/h9H,5-8H2,1-4H3,(H,14,18)(H,15,16). The second-order valence-corrected chi connectivity index (χ2v) is 5.41. The summed E-state index contributed by atoms with van der Waals surface area (Å²) in [5.41, 5.74) is -0.690. The van der Waals surface area contributed by atoms with E-state index in [1.807, 2.05) is 6.92 Å². The number of amides is 1. The van der Waals surface area contributed by atoms with Crippen LogP contribution >= 0.6 is 0 Å². The van der Waals surface area contributed by atoms with Crippen molar-refractivity contribution in [3.05, 3.63) is 0 Å². The number of carbonyl (C=O) groups excluding carboxylic acids is 2. The third-order valence-corrected chi connectivity index (χ3v) is 2.43. The average molecular weight is 289 g/mol. The van der Waals surface area contributed by atoms with E-state index in [1.165, 1.54) is 0 Å². The Balaban J connectivity index is 4.08. The van der Waals surface area contributed by atoms with Crippen LogP contribution in [0.1, 0.15) is 47.0 Å². The van der Waals surface area contributed by atoms with E-state index < -0.39 is 36.3 Å². The molecular weight excluding hydrogens is 266 g/mol. The first-order valence-electron chi connectivity index (χ1n) is 6.51. The summed E-state index contributed by atoms with van der Waals surface area (Å²) in [6.07, 6.45) is 0.901. The number of esters is 1. The number of rotatable bonds is 7. The summed E-state index contributed by atoms with van der Waals surface area (Å²) in [6.45, 7) is 6.38. The number of hydrogen-bond acceptors (Lipinski definition) is 5. The van der Waals surface area contributed by atoms with E-state index in [0.717, 1.165) is 6.42 Å². The molecule has 7 heteroatoms. The third-order valence-electron chi connectivity index (χ3n) is 2.43. The largest absolute Gasteiger partial charge is 0.480 e. The molecule has 0 saturated heterocycles. The molecule has 7 nitrogen and oxygen atoms in total. The van der Waals surface area contributed by atoms with Crippen molar-refractivity contribution in [2.75, 3.05) is 6.79 Å². The van der Waals surface area contributed by atoms with Crippen molar-refractivity contribution >= 4 is 18.0 Å². The predicted molar refractivity (Wildman–Crippen MR) is 71.0 cm³/mol. The van der Waals surface area contributed by atoms with Crippen LogP contribution in [0.15, 0.2) is 0 Å². The predicted octanol–water partition coefficient (Wildman–Crippen LogP) is 1.90. The lowest BCUT2D eigenvalue weighted by atomic mass is 9.98. The Morgan fingerprint density at radius 2 is 1.80 bits per heavy atom. The summed E-state index contributed by atoms with van der Waals surface area (Å²) in [6, 6.07) is -0.999. The summed E-state index contributed by atoms with van der Waals surface area (Å²) in [4.78, 5) is 33.7. The van der Waals surface area contributed by atoms with Gasteiger partial charge in [0.1, 0.15) is 6.04 Å². The Hall–Kier alpha value is -1.79. The highest BCUT2D eigenvalue weighted by Gasteiger charge is 2.24. The number of hydrogen-bond donors (Lipinski definition) is 2. The van der Waals surface area contributed by atoms with Gasteiger partial charge in [-0.05, 0) is 27.2 Å². The molecule has 0 aliphatic heterocycles. The number of alkyl carbamates (subject to hydrolysis) is 1. The Morgan fingerprint density at radius 1 is 1.20 bits per heavy atom. The maximum Gasteiger partial charge on any atom is 0.410 e. The van der Waals surface area contributed by atoms with Crippen LogP contribution in [0.4, 0.5) is 4.79 Å². The Kier molecular flexibility index (Phi) is 7.64. The number of carboxylic acid groups (broad SMARTS) is 1. The van der Waals surface area contributed by atoms with Crippen molar-refractivity contribution in [2.45, 2.75) is 53.0 Å². The van der Waals surface area contributed by atoms with E-state index in [0.29, 0.717) is 12.8 Å². The number of carboxylic acids is 1. The molecule has 0 aromatic carbocycles. The molecule has 0 fully saturated rings. The van der Waals surface area contributed by atoms with Crippen molar-refractivity contribution in [1.29, 1.82) is 0 Å². The van der Waals surface area contributed by atoms with E-state index in [-0.39, 0.29) is 0 Å². The minimum Gasteiger partial charge on any atom is -0.480 e. The second-order valence-electron chi connectivity index (χ2n) is 5.41. The molecule has 1 unspecified atom stereocenters. The molecule has 0 rings (SSSR count). The van der Waals surface area contributed by atoms with Gasteiger partial charge in [-0.2, -0.15) is 0 Å². The van der Waals surface area contributed by atoms with Gasteiger partial charge in [-0.1, -0.05) is 19.8 Å². The molecule has 0 aromatic rings. The van der Waals surface area contributed by atoms with Crippen molar-refractivity contribution < 1.29 is 29.0 Å². The number of unbranched alkanes of at least 4 members (excludes halogenated alkanes) is 1. The molecule has 0 aliphatic rings. The maximum atomic E-state index is 11.4.